The molecule has 0 aliphatic carbocycles. The van der Waals surface area contributed by atoms with Crippen LogP contribution >= 0.6 is 35.6 Å². The Bertz CT molecular complexity index is 464. The van der Waals surface area contributed by atoms with Gasteiger partial charge in [0, 0.05) is 11.1 Å². The summed E-state index contributed by atoms with van der Waals surface area (Å²) in [5, 5.41) is 12.9. The molecule has 7 heteroatoms. The molecule has 1 aliphatic heterocycles. The Morgan fingerprint density at radius 1 is 1.44 bits per heavy atom. The van der Waals surface area contributed by atoms with Gasteiger partial charge in [0.2, 0.25) is 0 Å². The number of halogens is 3. The number of nitrogens with zero attached hydrogens (tertiary/aromatic N) is 1. The van der Waals surface area contributed by atoms with Gasteiger partial charge in [0.05, 0.1) is 0 Å². The van der Waals surface area contributed by atoms with E-state index in [0.717, 1.165) is 0 Å². The van der Waals surface area contributed by atoms with Gasteiger partial charge in [-0.25, -0.2) is 4.79 Å². The Hall–Kier alpha value is -0.970. The van der Waals surface area contributed by atoms with E-state index in [1.165, 1.54) is 0 Å². The van der Waals surface area contributed by atoms with Crippen molar-refractivity contribution in [2.24, 2.45) is 5.10 Å². The number of carboxylic acid groups (broad SMARTS) is 1. The van der Waals surface area contributed by atoms with Crippen molar-refractivity contribution in [3.8, 4) is 0 Å². The topological polar surface area (TPSA) is 61.7 Å². The third-order valence-corrected chi connectivity index (χ3v) is 2.86. The fourth-order valence-corrected chi connectivity index (χ4v) is 1.79. The molecule has 2 rings (SSSR count). The van der Waals surface area contributed by atoms with E-state index in [9.17, 15) is 4.79 Å². The zero-order valence-electron chi connectivity index (χ0n) is 7.78. The second-order valence-electron chi connectivity index (χ2n) is 3.02. The van der Waals surface area contributed by atoms with Gasteiger partial charge in [-0.2, -0.15) is 5.10 Å². The summed E-state index contributed by atoms with van der Waals surface area (Å²) in [6, 6.07) is 6.69. The van der Waals surface area contributed by atoms with Crippen LogP contribution in [0, 0.1) is 0 Å². The summed E-state index contributed by atoms with van der Waals surface area (Å²) in [4.78, 5) is 9.30. The molecule has 0 spiro atoms. The molecule has 0 saturated carbocycles. The summed E-state index contributed by atoms with van der Waals surface area (Å²) in [5.74, 6) is -1.22. The van der Waals surface area contributed by atoms with Crippen LogP contribution in [-0.2, 0) is 9.79 Å². The highest BCUT2D eigenvalue weighted by molar-refractivity contribution is 6.70. The van der Waals surface area contributed by atoms with Crippen molar-refractivity contribution < 1.29 is 9.90 Å². The number of hydrogen-bond donors (Lipinski definition) is 2. The zero-order chi connectivity index (χ0) is 11.1. The van der Waals surface area contributed by atoms with Crippen molar-refractivity contribution in [3.63, 3.8) is 0 Å². The van der Waals surface area contributed by atoms with Crippen molar-refractivity contribution in [1.29, 1.82) is 0 Å². The molecule has 1 aromatic carbocycles. The number of alkyl halides is 1. The summed E-state index contributed by atoms with van der Waals surface area (Å²) in [7, 11) is 0. The Balaban J connectivity index is 0.00000128. The molecule has 0 bridgehead atoms. The van der Waals surface area contributed by atoms with Crippen LogP contribution in [0.2, 0.25) is 0 Å². The third kappa shape index (κ3) is 1.84. The molecule has 1 aromatic rings. The van der Waals surface area contributed by atoms with Crippen LogP contribution in [0.1, 0.15) is 11.1 Å². The fourth-order valence-electron chi connectivity index (χ4n) is 1.37. The second kappa shape index (κ2) is 4.49. The molecule has 1 atom stereocenters. The van der Waals surface area contributed by atoms with Gasteiger partial charge in [-0.15, -0.1) is 12.4 Å². The fraction of sp³-hybridized carbons (Fsp3) is 0.111. The first kappa shape index (κ1) is 13.1. The van der Waals surface area contributed by atoms with Gasteiger partial charge < -0.3 is 5.11 Å². The summed E-state index contributed by atoms with van der Waals surface area (Å²) in [6.07, 6.45) is 0. The first-order valence-electron chi connectivity index (χ1n) is 4.08. The van der Waals surface area contributed by atoms with Crippen LogP contribution in [0.3, 0.4) is 0 Å². The van der Waals surface area contributed by atoms with E-state index in [1.54, 1.807) is 24.3 Å². The van der Waals surface area contributed by atoms with E-state index in [1.807, 2.05) is 0 Å². The molecule has 16 heavy (non-hydrogen) atoms. The Morgan fingerprint density at radius 3 is 2.69 bits per heavy atom. The van der Waals surface area contributed by atoms with Crippen molar-refractivity contribution in [1.82, 2.24) is 5.43 Å². The molecule has 0 aromatic heterocycles. The summed E-state index contributed by atoms with van der Waals surface area (Å²) in [5.41, 5.74) is 3.23. The van der Waals surface area contributed by atoms with Crippen LogP contribution in [0.15, 0.2) is 29.4 Å². The second-order valence-corrected chi connectivity index (χ2v) is 3.95. The minimum atomic E-state index is -1.74. The van der Waals surface area contributed by atoms with Gasteiger partial charge in [-0.3, -0.25) is 5.43 Å². The lowest BCUT2D eigenvalue weighted by Crippen LogP contribution is -2.45. The lowest BCUT2D eigenvalue weighted by atomic mass is 9.99. The molecule has 86 valence electrons. The van der Waals surface area contributed by atoms with Crippen LogP contribution in [0.5, 0.6) is 0 Å². The molecule has 4 nitrogen and oxygen atoms in total. The van der Waals surface area contributed by atoms with Gasteiger partial charge in [0.15, 0.2) is 5.17 Å². The number of benzene rings is 1. The van der Waals surface area contributed by atoms with Gasteiger partial charge >= 0.3 is 5.97 Å². The minimum Gasteiger partial charge on any atom is -0.478 e. The van der Waals surface area contributed by atoms with E-state index in [4.69, 9.17) is 28.3 Å². The molecule has 1 heterocycles. The molecule has 0 radical (unpaired) electrons. The van der Waals surface area contributed by atoms with Crippen molar-refractivity contribution >= 4 is 46.7 Å². The third-order valence-electron chi connectivity index (χ3n) is 2.12. The number of hydrazone groups is 1. The van der Waals surface area contributed by atoms with E-state index >= 15 is 0 Å². The number of fused-ring (bicyclic) bond motifs is 1. The molecule has 0 amide bonds. The maximum absolute atomic E-state index is 11.0. The SMILES string of the molecule is Cl.O=C(O)C1(Cl)NN=C(Cl)c2ccccc21. The number of carboxylic acids is 1. The highest BCUT2D eigenvalue weighted by Crippen LogP contribution is 2.33. The van der Waals surface area contributed by atoms with Gasteiger partial charge in [0.25, 0.3) is 5.00 Å². The summed E-state index contributed by atoms with van der Waals surface area (Å²) in [6.45, 7) is 0. The van der Waals surface area contributed by atoms with Crippen LogP contribution in [-0.4, -0.2) is 16.2 Å². The first-order chi connectivity index (χ1) is 7.05. The monoisotopic (exact) mass is 280 g/mol. The summed E-state index contributed by atoms with van der Waals surface area (Å²) >= 11 is 11.7. The van der Waals surface area contributed by atoms with Crippen molar-refractivity contribution in [2.45, 2.75) is 5.00 Å². The number of nitrogens with one attached hydrogen (secondary N) is 1. The van der Waals surface area contributed by atoms with E-state index < -0.39 is 11.0 Å². The average molecular weight is 282 g/mol. The predicted octanol–water partition coefficient (Wildman–Crippen LogP) is 2.09. The Labute approximate surface area is 108 Å². The number of carbonyl (C=O) groups is 1. The van der Waals surface area contributed by atoms with Crippen molar-refractivity contribution in [3.05, 3.63) is 35.4 Å². The van der Waals surface area contributed by atoms with Crippen LogP contribution in [0.25, 0.3) is 0 Å². The number of rotatable bonds is 1. The molecule has 1 aliphatic rings. The quantitative estimate of drug-likeness (QED) is 0.612. The zero-order valence-corrected chi connectivity index (χ0v) is 10.1. The highest BCUT2D eigenvalue weighted by atomic mass is 35.5. The lowest BCUT2D eigenvalue weighted by molar-refractivity contribution is -0.141. The van der Waals surface area contributed by atoms with Crippen LogP contribution < -0.4 is 5.43 Å². The summed E-state index contributed by atoms with van der Waals surface area (Å²) < 4.78 is 0. The molecule has 0 saturated heterocycles. The molecular formula is C9H7Cl3N2O2. The van der Waals surface area contributed by atoms with Crippen molar-refractivity contribution in [2.75, 3.05) is 0 Å². The minimum absolute atomic E-state index is 0. The Morgan fingerprint density at radius 2 is 2.06 bits per heavy atom. The molecule has 2 N–H and O–H groups in total. The largest absolute Gasteiger partial charge is 0.478 e. The standard InChI is InChI=1S/C9H6Cl2N2O2.ClH/c10-7-5-3-1-2-4-6(5)9(11,8(14)15)13-12-7;/h1-4,13H,(H,14,15);1H. The van der Waals surface area contributed by atoms with Gasteiger partial charge in [-0.05, 0) is 0 Å². The van der Waals surface area contributed by atoms with Gasteiger partial charge in [0.1, 0.15) is 0 Å². The molecule has 0 fully saturated rings. The first-order valence-corrected chi connectivity index (χ1v) is 4.84. The predicted molar refractivity (Wildman–Crippen MR) is 64.4 cm³/mol. The Kier molecular flexibility index (Phi) is 3.68. The highest BCUT2D eigenvalue weighted by Gasteiger charge is 2.42. The number of aliphatic carboxylic acids is 1. The molecule has 1 unspecified atom stereocenters. The van der Waals surface area contributed by atoms with E-state index in [-0.39, 0.29) is 17.6 Å². The lowest BCUT2D eigenvalue weighted by Gasteiger charge is -2.28. The molecular weight excluding hydrogens is 274 g/mol. The van der Waals surface area contributed by atoms with Gasteiger partial charge in [-0.1, -0.05) is 47.5 Å². The smallest absolute Gasteiger partial charge is 0.351 e. The van der Waals surface area contributed by atoms with Crippen LogP contribution in [0.4, 0.5) is 0 Å². The maximum Gasteiger partial charge on any atom is 0.351 e. The maximum atomic E-state index is 11.0. The number of hydrogen-bond acceptors (Lipinski definition) is 3. The van der Waals surface area contributed by atoms with E-state index in [0.29, 0.717) is 11.1 Å². The average Bonchev–Trinajstić information content (AvgIpc) is 2.24. The normalized spacial score (nSPS) is 22.2. The van der Waals surface area contributed by atoms with E-state index in [2.05, 4.69) is 10.5 Å².